The van der Waals surface area contributed by atoms with Crippen molar-refractivity contribution in [2.75, 3.05) is 6.61 Å². The Kier molecular flexibility index (Phi) is 2.92. The van der Waals surface area contributed by atoms with Crippen molar-refractivity contribution in [3.63, 3.8) is 0 Å². The van der Waals surface area contributed by atoms with Gasteiger partial charge in [0.1, 0.15) is 18.0 Å². The maximum Gasteiger partial charge on any atom is 0.339 e. The fraction of sp³-hybridized carbons (Fsp3) is 0.357. The summed E-state index contributed by atoms with van der Waals surface area (Å²) in [5.41, 5.74) is 0.903. The van der Waals surface area contributed by atoms with Crippen LogP contribution in [0.5, 0.6) is 5.75 Å². The van der Waals surface area contributed by atoms with Gasteiger partial charge in [-0.2, -0.15) is 0 Å². The second-order valence-electron chi connectivity index (χ2n) is 4.93. The fourth-order valence-electron chi connectivity index (χ4n) is 1.67. The third-order valence-corrected chi connectivity index (χ3v) is 2.32. The number of para-hydroxylation sites is 1. The average molecular weight is 232 g/mol. The largest absolute Gasteiger partial charge is 0.489 e. The summed E-state index contributed by atoms with van der Waals surface area (Å²) in [4.78, 5) is 12.0. The molecule has 0 N–H and O–H groups in total. The van der Waals surface area contributed by atoms with Crippen molar-refractivity contribution >= 4 is 11.5 Å². The van der Waals surface area contributed by atoms with E-state index in [4.69, 9.17) is 9.47 Å². The lowest BCUT2D eigenvalue weighted by molar-refractivity contribution is -0.147. The number of hydrogen-bond donors (Lipinski definition) is 0. The van der Waals surface area contributed by atoms with Crippen LogP contribution in [0.1, 0.15) is 26.3 Å². The van der Waals surface area contributed by atoms with E-state index in [2.05, 4.69) is 0 Å². The first-order valence-corrected chi connectivity index (χ1v) is 5.63. The highest BCUT2D eigenvalue weighted by Crippen LogP contribution is 2.30. The van der Waals surface area contributed by atoms with Gasteiger partial charge in [-0.05, 0) is 32.9 Å². The van der Waals surface area contributed by atoms with Crippen LogP contribution in [0.15, 0.2) is 30.3 Å². The Morgan fingerprint density at radius 2 is 2.00 bits per heavy atom. The standard InChI is InChI=1S/C14H16O3/c1-14(2,3)17-13(15)11-8-9-16-12-7-5-4-6-10(11)12/h4-8H,9H2,1-3H3. The van der Waals surface area contributed by atoms with E-state index in [1.807, 2.05) is 45.0 Å². The van der Waals surface area contributed by atoms with E-state index in [1.54, 1.807) is 6.08 Å². The Balaban J connectivity index is 2.28. The topological polar surface area (TPSA) is 35.5 Å². The number of ether oxygens (including phenoxy) is 2. The molecule has 0 unspecified atom stereocenters. The summed E-state index contributed by atoms with van der Waals surface area (Å²) < 4.78 is 10.8. The van der Waals surface area contributed by atoms with Gasteiger partial charge in [-0.3, -0.25) is 0 Å². The van der Waals surface area contributed by atoms with E-state index in [0.29, 0.717) is 12.2 Å². The lowest BCUT2D eigenvalue weighted by Crippen LogP contribution is -2.25. The number of hydrogen-bond acceptors (Lipinski definition) is 3. The molecule has 90 valence electrons. The second kappa shape index (κ2) is 4.24. The Morgan fingerprint density at radius 1 is 1.29 bits per heavy atom. The summed E-state index contributed by atoms with van der Waals surface area (Å²) in [5.74, 6) is 0.434. The molecule has 1 aromatic rings. The lowest BCUT2D eigenvalue weighted by Gasteiger charge is -2.23. The Bertz CT molecular complexity index is 467. The summed E-state index contributed by atoms with van der Waals surface area (Å²) in [5, 5.41) is 0. The average Bonchev–Trinajstić information content (AvgIpc) is 2.26. The number of esters is 1. The summed E-state index contributed by atoms with van der Waals surface area (Å²) in [6, 6.07) is 7.49. The highest BCUT2D eigenvalue weighted by Gasteiger charge is 2.24. The molecule has 0 amide bonds. The number of benzene rings is 1. The van der Waals surface area contributed by atoms with Gasteiger partial charge in [-0.1, -0.05) is 18.2 Å². The number of rotatable bonds is 1. The molecule has 0 aromatic heterocycles. The number of carbonyl (C=O) groups is 1. The van der Waals surface area contributed by atoms with Crippen LogP contribution < -0.4 is 4.74 Å². The number of carbonyl (C=O) groups excluding carboxylic acids is 1. The molecular weight excluding hydrogens is 216 g/mol. The first-order chi connectivity index (χ1) is 7.97. The Hall–Kier alpha value is -1.77. The maximum atomic E-state index is 12.0. The van der Waals surface area contributed by atoms with Gasteiger partial charge in [-0.25, -0.2) is 4.79 Å². The molecule has 2 rings (SSSR count). The normalized spacial score (nSPS) is 14.4. The molecule has 3 heteroatoms. The number of fused-ring (bicyclic) bond motifs is 1. The van der Waals surface area contributed by atoms with E-state index in [9.17, 15) is 4.79 Å². The zero-order valence-corrected chi connectivity index (χ0v) is 10.3. The van der Waals surface area contributed by atoms with Crippen LogP contribution in [-0.4, -0.2) is 18.2 Å². The third-order valence-electron chi connectivity index (χ3n) is 2.32. The molecule has 1 heterocycles. The summed E-state index contributed by atoms with van der Waals surface area (Å²) >= 11 is 0. The molecule has 0 bridgehead atoms. The van der Waals surface area contributed by atoms with Crippen molar-refractivity contribution < 1.29 is 14.3 Å². The first-order valence-electron chi connectivity index (χ1n) is 5.63. The highest BCUT2D eigenvalue weighted by atomic mass is 16.6. The molecule has 0 radical (unpaired) electrons. The highest BCUT2D eigenvalue weighted by molar-refractivity contribution is 6.17. The van der Waals surface area contributed by atoms with E-state index in [1.165, 1.54) is 0 Å². The van der Waals surface area contributed by atoms with Gasteiger partial charge < -0.3 is 9.47 Å². The van der Waals surface area contributed by atoms with Crippen LogP contribution in [0, 0.1) is 0 Å². The van der Waals surface area contributed by atoms with Crippen molar-refractivity contribution in [1.29, 1.82) is 0 Å². The van der Waals surface area contributed by atoms with Crippen LogP contribution in [-0.2, 0) is 9.53 Å². The minimum atomic E-state index is -0.481. The Labute approximate surface area is 101 Å². The Morgan fingerprint density at radius 3 is 2.71 bits per heavy atom. The first kappa shape index (κ1) is 11.7. The van der Waals surface area contributed by atoms with Crippen molar-refractivity contribution in [2.45, 2.75) is 26.4 Å². The van der Waals surface area contributed by atoms with Crippen LogP contribution >= 0.6 is 0 Å². The van der Waals surface area contributed by atoms with Crippen LogP contribution in [0.4, 0.5) is 0 Å². The van der Waals surface area contributed by atoms with E-state index >= 15 is 0 Å². The van der Waals surface area contributed by atoms with Crippen molar-refractivity contribution in [3.8, 4) is 5.75 Å². The van der Waals surface area contributed by atoms with Crippen LogP contribution in [0.3, 0.4) is 0 Å². The summed E-state index contributed by atoms with van der Waals surface area (Å²) in [6.45, 7) is 5.98. The van der Waals surface area contributed by atoms with Gasteiger partial charge in [0.05, 0.1) is 5.57 Å². The quantitative estimate of drug-likeness (QED) is 0.698. The third kappa shape index (κ3) is 2.67. The molecule has 1 aromatic carbocycles. The fourth-order valence-corrected chi connectivity index (χ4v) is 1.67. The zero-order chi connectivity index (χ0) is 12.5. The molecule has 0 atom stereocenters. The van der Waals surface area contributed by atoms with E-state index in [-0.39, 0.29) is 5.97 Å². The predicted octanol–water partition coefficient (Wildman–Crippen LogP) is 2.80. The second-order valence-corrected chi connectivity index (χ2v) is 4.93. The molecule has 0 aliphatic carbocycles. The van der Waals surface area contributed by atoms with Crippen molar-refractivity contribution in [2.24, 2.45) is 0 Å². The molecule has 0 saturated heterocycles. The van der Waals surface area contributed by atoms with E-state index < -0.39 is 5.60 Å². The monoisotopic (exact) mass is 232 g/mol. The van der Waals surface area contributed by atoms with E-state index in [0.717, 1.165) is 11.3 Å². The lowest BCUT2D eigenvalue weighted by atomic mass is 10.0. The molecular formula is C14H16O3. The van der Waals surface area contributed by atoms with Gasteiger partial charge in [0.25, 0.3) is 0 Å². The van der Waals surface area contributed by atoms with Gasteiger partial charge >= 0.3 is 5.97 Å². The zero-order valence-electron chi connectivity index (χ0n) is 10.3. The molecule has 0 fully saturated rings. The molecule has 0 spiro atoms. The molecule has 1 aliphatic heterocycles. The summed E-state index contributed by atoms with van der Waals surface area (Å²) in [7, 11) is 0. The van der Waals surface area contributed by atoms with Gasteiger partial charge in [0.2, 0.25) is 0 Å². The minimum absolute atomic E-state index is 0.298. The molecule has 0 saturated carbocycles. The maximum absolute atomic E-state index is 12.0. The molecule has 1 aliphatic rings. The van der Waals surface area contributed by atoms with Crippen molar-refractivity contribution in [3.05, 3.63) is 35.9 Å². The van der Waals surface area contributed by atoms with Gasteiger partial charge in [-0.15, -0.1) is 0 Å². The smallest absolute Gasteiger partial charge is 0.339 e. The van der Waals surface area contributed by atoms with Gasteiger partial charge in [0.15, 0.2) is 0 Å². The minimum Gasteiger partial charge on any atom is -0.489 e. The predicted molar refractivity (Wildman–Crippen MR) is 65.8 cm³/mol. The van der Waals surface area contributed by atoms with Crippen LogP contribution in [0.25, 0.3) is 5.57 Å². The van der Waals surface area contributed by atoms with Crippen LogP contribution in [0.2, 0.25) is 0 Å². The molecule has 17 heavy (non-hydrogen) atoms. The summed E-state index contributed by atoms with van der Waals surface area (Å²) in [6.07, 6.45) is 1.76. The van der Waals surface area contributed by atoms with Gasteiger partial charge in [0, 0.05) is 5.56 Å². The molecule has 3 nitrogen and oxygen atoms in total. The SMILES string of the molecule is CC(C)(C)OC(=O)C1=CCOc2ccccc21. The van der Waals surface area contributed by atoms with Crippen molar-refractivity contribution in [1.82, 2.24) is 0 Å².